The molecule has 0 nitrogen and oxygen atoms in total. The molecule has 4 heteroatoms. The van der Waals surface area contributed by atoms with Crippen molar-refractivity contribution >= 4 is 11.6 Å². The van der Waals surface area contributed by atoms with Crippen molar-refractivity contribution in [3.8, 4) is 0 Å². The predicted octanol–water partition coefficient (Wildman–Crippen LogP) is 1.83. The highest BCUT2D eigenvalue weighted by molar-refractivity contribution is 6.18. The molecular weight excluding hydrogens is 128 g/mol. The molecule has 44 valence electrons. The molecule has 7 heavy (non-hydrogen) atoms. The van der Waals surface area contributed by atoms with Crippen molar-refractivity contribution in [2.24, 2.45) is 0 Å². The predicted molar refractivity (Wildman–Crippen MR) is 21.6 cm³/mol. The summed E-state index contributed by atoms with van der Waals surface area (Å²) >= 11 is 4.69. The van der Waals surface area contributed by atoms with Crippen molar-refractivity contribution in [1.29, 1.82) is 0 Å². The van der Waals surface area contributed by atoms with Gasteiger partial charge in [0.2, 0.25) is 0 Å². The smallest absolute Gasteiger partial charge is 0.240 e. The van der Waals surface area contributed by atoms with Crippen LogP contribution in [0.25, 0.3) is 0 Å². The maximum Gasteiger partial charge on any atom is 0.270 e. The summed E-state index contributed by atoms with van der Waals surface area (Å²) < 4.78 is 33.3. The van der Waals surface area contributed by atoms with Crippen LogP contribution in [0.2, 0.25) is 0 Å². The molecule has 0 fully saturated rings. The van der Waals surface area contributed by atoms with Gasteiger partial charge in [-0.2, -0.15) is 0 Å². The first kappa shape index (κ1) is 7.08. The summed E-state index contributed by atoms with van der Waals surface area (Å²) in [5.41, 5.74) is 0. The molecule has 0 aliphatic heterocycles. The number of hydrogen-bond acceptors (Lipinski definition) is 0. The molecule has 0 aliphatic rings. The zero-order chi connectivity index (χ0) is 5.86. The van der Waals surface area contributed by atoms with Gasteiger partial charge in [0.05, 0.1) is 5.88 Å². The fraction of sp³-hybridized carbons (Fsp3) is 1.00. The zero-order valence-electron chi connectivity index (χ0n) is 3.37. The topological polar surface area (TPSA) is 0 Å². The monoisotopic (exact) mass is 132 g/mol. The van der Waals surface area contributed by atoms with E-state index in [1.54, 1.807) is 0 Å². The highest BCUT2D eigenvalue weighted by Crippen LogP contribution is 2.05. The Morgan fingerprint density at radius 2 is 1.71 bits per heavy atom. The van der Waals surface area contributed by atoms with Crippen molar-refractivity contribution in [2.45, 2.75) is 12.6 Å². The van der Waals surface area contributed by atoms with Gasteiger partial charge >= 0.3 is 0 Å². The van der Waals surface area contributed by atoms with Crippen molar-refractivity contribution in [2.75, 3.05) is 5.88 Å². The van der Waals surface area contributed by atoms with Crippen LogP contribution in [-0.4, -0.2) is 18.5 Å². The molecule has 0 radical (unpaired) electrons. The van der Waals surface area contributed by atoms with Gasteiger partial charge in [0, 0.05) is 0 Å². The number of alkyl halides is 4. The summed E-state index contributed by atoms with van der Waals surface area (Å²) in [6, 6.07) is 0. The minimum atomic E-state index is -2.93. The SMILES string of the molecule is FC(F)C(F)CCl. The Kier molecular flexibility index (Phi) is 3.17. The van der Waals surface area contributed by atoms with Gasteiger partial charge in [-0.25, -0.2) is 13.2 Å². The number of hydrogen-bond donors (Lipinski definition) is 0. The fourth-order valence-electron chi connectivity index (χ4n) is 0.0673. The lowest BCUT2D eigenvalue weighted by molar-refractivity contribution is 0.0621. The van der Waals surface area contributed by atoms with Crippen LogP contribution in [0.4, 0.5) is 13.2 Å². The van der Waals surface area contributed by atoms with Gasteiger partial charge in [-0.3, -0.25) is 0 Å². The van der Waals surface area contributed by atoms with Gasteiger partial charge in [0.15, 0.2) is 6.17 Å². The molecule has 0 aromatic rings. The van der Waals surface area contributed by atoms with Crippen LogP contribution in [0.1, 0.15) is 0 Å². The lowest BCUT2D eigenvalue weighted by Crippen LogP contribution is -2.12. The van der Waals surface area contributed by atoms with Gasteiger partial charge in [-0.1, -0.05) is 0 Å². The summed E-state index contributed by atoms with van der Waals surface area (Å²) in [6.07, 6.45) is -5.10. The summed E-state index contributed by atoms with van der Waals surface area (Å²) in [4.78, 5) is 0. The average Bonchev–Trinajstić information content (AvgIpc) is 1.65. The molecular formula is C3H4ClF3. The zero-order valence-corrected chi connectivity index (χ0v) is 4.13. The molecule has 0 amide bonds. The normalized spacial score (nSPS) is 15.0. The van der Waals surface area contributed by atoms with E-state index in [-0.39, 0.29) is 0 Å². The van der Waals surface area contributed by atoms with Gasteiger partial charge in [0.25, 0.3) is 6.43 Å². The van der Waals surface area contributed by atoms with Crippen LogP contribution >= 0.6 is 11.6 Å². The molecule has 0 aromatic carbocycles. The van der Waals surface area contributed by atoms with E-state index in [1.807, 2.05) is 0 Å². The Morgan fingerprint density at radius 3 is 1.71 bits per heavy atom. The number of halogens is 4. The maximum atomic E-state index is 11.4. The lowest BCUT2D eigenvalue weighted by atomic mass is 10.5. The van der Waals surface area contributed by atoms with Crippen LogP contribution in [0.5, 0.6) is 0 Å². The van der Waals surface area contributed by atoms with Gasteiger partial charge in [0.1, 0.15) is 0 Å². The van der Waals surface area contributed by atoms with E-state index in [0.717, 1.165) is 0 Å². The second kappa shape index (κ2) is 3.13. The molecule has 0 heterocycles. The van der Waals surface area contributed by atoms with E-state index in [1.165, 1.54) is 0 Å². The van der Waals surface area contributed by atoms with Crippen LogP contribution in [0, 0.1) is 0 Å². The maximum absolute atomic E-state index is 11.4. The van der Waals surface area contributed by atoms with E-state index < -0.39 is 18.5 Å². The van der Waals surface area contributed by atoms with Gasteiger partial charge in [-0.05, 0) is 0 Å². The number of rotatable bonds is 2. The quantitative estimate of drug-likeness (QED) is 0.503. The standard InChI is InChI=1S/C3H4ClF3/c4-1-2(5)3(6)7/h2-3H,1H2. The second-order valence-electron chi connectivity index (χ2n) is 1.00. The van der Waals surface area contributed by atoms with E-state index in [0.29, 0.717) is 0 Å². The van der Waals surface area contributed by atoms with Crippen LogP contribution < -0.4 is 0 Å². The summed E-state index contributed by atoms with van der Waals surface area (Å²) in [6.45, 7) is 0. The van der Waals surface area contributed by atoms with Crippen LogP contribution in [0.3, 0.4) is 0 Å². The first-order chi connectivity index (χ1) is 3.18. The Morgan fingerprint density at radius 1 is 1.29 bits per heavy atom. The molecule has 0 spiro atoms. The van der Waals surface area contributed by atoms with Crippen LogP contribution in [-0.2, 0) is 0 Å². The minimum absolute atomic E-state index is 0.627. The third-order valence-corrected chi connectivity index (χ3v) is 0.716. The Hall–Kier alpha value is 0.0800. The molecule has 1 unspecified atom stereocenters. The molecule has 0 aliphatic carbocycles. The fourth-order valence-corrected chi connectivity index (χ4v) is 0.202. The van der Waals surface area contributed by atoms with Gasteiger partial charge < -0.3 is 0 Å². The van der Waals surface area contributed by atoms with E-state index in [2.05, 4.69) is 0 Å². The lowest BCUT2D eigenvalue weighted by Gasteiger charge is -1.97. The van der Waals surface area contributed by atoms with Crippen LogP contribution in [0.15, 0.2) is 0 Å². The largest absolute Gasteiger partial charge is 0.270 e. The summed E-state index contributed by atoms with van der Waals surface area (Å²) in [5, 5.41) is 0. The Labute approximate surface area is 44.3 Å². The second-order valence-corrected chi connectivity index (χ2v) is 1.31. The molecule has 0 saturated heterocycles. The van der Waals surface area contributed by atoms with Crippen molar-refractivity contribution in [3.05, 3.63) is 0 Å². The highest BCUT2D eigenvalue weighted by Gasteiger charge is 2.16. The summed E-state index contributed by atoms with van der Waals surface area (Å²) in [7, 11) is 0. The molecule has 0 bridgehead atoms. The first-order valence-electron chi connectivity index (χ1n) is 1.66. The molecule has 0 aromatic heterocycles. The Bertz CT molecular complexity index is 47.4. The average molecular weight is 133 g/mol. The van der Waals surface area contributed by atoms with Gasteiger partial charge in [-0.15, -0.1) is 11.6 Å². The first-order valence-corrected chi connectivity index (χ1v) is 2.20. The van der Waals surface area contributed by atoms with E-state index in [9.17, 15) is 13.2 Å². The third-order valence-electron chi connectivity index (χ3n) is 0.421. The third kappa shape index (κ3) is 2.74. The molecule has 0 rings (SSSR count). The minimum Gasteiger partial charge on any atom is -0.240 e. The van der Waals surface area contributed by atoms with E-state index >= 15 is 0 Å². The van der Waals surface area contributed by atoms with Crippen molar-refractivity contribution in [1.82, 2.24) is 0 Å². The highest BCUT2D eigenvalue weighted by atomic mass is 35.5. The Balaban J connectivity index is 3.14. The van der Waals surface area contributed by atoms with Crippen molar-refractivity contribution < 1.29 is 13.2 Å². The van der Waals surface area contributed by atoms with Crippen molar-refractivity contribution in [3.63, 3.8) is 0 Å². The van der Waals surface area contributed by atoms with E-state index in [4.69, 9.17) is 11.6 Å². The summed E-state index contributed by atoms with van der Waals surface area (Å²) in [5.74, 6) is -0.627. The molecule has 0 saturated carbocycles. The molecule has 1 atom stereocenters. The molecule has 0 N–H and O–H groups in total.